The fourth-order valence-electron chi connectivity index (χ4n) is 2.23. The van der Waals surface area contributed by atoms with Crippen LogP contribution in [0.3, 0.4) is 0 Å². The van der Waals surface area contributed by atoms with Gasteiger partial charge >= 0.3 is 0 Å². The van der Waals surface area contributed by atoms with Crippen molar-refractivity contribution in [3.05, 3.63) is 57.3 Å². The van der Waals surface area contributed by atoms with Crippen molar-refractivity contribution >= 4 is 28.8 Å². The zero-order valence-corrected chi connectivity index (χ0v) is 14.6. The minimum absolute atomic E-state index is 0.0863. The fourth-order valence-corrected chi connectivity index (χ4v) is 3.18. The highest BCUT2D eigenvalue weighted by atomic mass is 35.5. The number of carbonyl (C=O) groups is 1. The Balaban J connectivity index is 1.73. The van der Waals surface area contributed by atoms with Crippen molar-refractivity contribution in [1.29, 1.82) is 0 Å². The maximum Gasteiger partial charge on any atom is 0.268 e. The summed E-state index contributed by atoms with van der Waals surface area (Å²) < 4.78 is 0. The van der Waals surface area contributed by atoms with Gasteiger partial charge in [0.1, 0.15) is 10.7 Å². The summed E-state index contributed by atoms with van der Waals surface area (Å²) in [7, 11) is 0. The zero-order chi connectivity index (χ0) is 17.8. The summed E-state index contributed by atoms with van der Waals surface area (Å²) in [6, 6.07) is 6.53. The number of aromatic nitrogens is 3. The average Bonchev–Trinajstić information content (AvgIpc) is 3.29. The summed E-state index contributed by atoms with van der Waals surface area (Å²) in [4.78, 5) is 24.6. The molecule has 3 aromatic heterocycles. The molecule has 130 valence electrons. The molecule has 9 heteroatoms. The van der Waals surface area contributed by atoms with Gasteiger partial charge in [-0.1, -0.05) is 11.6 Å². The third kappa shape index (κ3) is 4.05. The van der Waals surface area contributed by atoms with Crippen LogP contribution in [0.5, 0.6) is 0 Å². The molecule has 0 aliphatic heterocycles. The van der Waals surface area contributed by atoms with Gasteiger partial charge in [-0.25, -0.2) is 4.98 Å². The van der Waals surface area contributed by atoms with Crippen molar-refractivity contribution in [2.75, 3.05) is 6.54 Å². The number of carbonyl (C=O) groups excluding carboxylic acids is 1. The Bertz CT molecular complexity index is 862. The maximum absolute atomic E-state index is 12.5. The summed E-state index contributed by atoms with van der Waals surface area (Å²) >= 11 is 7.15. The summed E-state index contributed by atoms with van der Waals surface area (Å²) in [5.74, 6) is -0.295. The molecule has 1 atom stereocenters. The van der Waals surface area contributed by atoms with Crippen LogP contribution in [0.2, 0.25) is 5.02 Å². The first-order valence-electron chi connectivity index (χ1n) is 7.48. The molecule has 0 unspecified atom stereocenters. The predicted molar refractivity (Wildman–Crippen MR) is 96.3 cm³/mol. The largest absolute Gasteiger partial charge is 0.391 e. The number of aromatic amines is 1. The lowest BCUT2D eigenvalue weighted by molar-refractivity contribution is 0.0933. The third-order valence-electron chi connectivity index (χ3n) is 3.50. The third-order valence-corrected chi connectivity index (χ3v) is 4.82. The lowest BCUT2D eigenvalue weighted by Crippen LogP contribution is -2.33. The Labute approximate surface area is 152 Å². The van der Waals surface area contributed by atoms with E-state index in [9.17, 15) is 4.79 Å². The molecular weight excluding hydrogens is 362 g/mol. The quantitative estimate of drug-likeness (QED) is 0.525. The lowest BCUT2D eigenvalue weighted by atomic mass is 10.3. The Kier molecular flexibility index (Phi) is 5.44. The van der Waals surface area contributed by atoms with Gasteiger partial charge in [0.25, 0.3) is 5.91 Å². The van der Waals surface area contributed by atoms with E-state index in [0.29, 0.717) is 27.1 Å². The Morgan fingerprint density at radius 1 is 1.32 bits per heavy atom. The van der Waals surface area contributed by atoms with Crippen LogP contribution in [0.1, 0.15) is 26.4 Å². The second kappa shape index (κ2) is 7.75. The van der Waals surface area contributed by atoms with Crippen molar-refractivity contribution in [3.63, 3.8) is 0 Å². The van der Waals surface area contributed by atoms with Crippen LogP contribution in [0.25, 0.3) is 11.4 Å². The standard InChI is InChI=1S/C16H16ClN5O2S/c17-9-1-2-11(19-6-9)12-3-4-13(21-12)15(24)22-14(5-18)16-20-7-10(8-23)25-16/h1-4,6-7,14,21,23H,5,8,18H2,(H,22,24)/t14-/m0/s1. The van der Waals surface area contributed by atoms with E-state index in [-0.39, 0.29) is 19.1 Å². The van der Waals surface area contributed by atoms with E-state index in [0.717, 1.165) is 4.88 Å². The Morgan fingerprint density at radius 2 is 2.16 bits per heavy atom. The molecule has 0 aliphatic carbocycles. The number of nitrogens with zero attached hydrogens (tertiary/aromatic N) is 2. The van der Waals surface area contributed by atoms with E-state index in [1.165, 1.54) is 11.3 Å². The van der Waals surface area contributed by atoms with Crippen molar-refractivity contribution in [2.45, 2.75) is 12.6 Å². The van der Waals surface area contributed by atoms with E-state index >= 15 is 0 Å². The number of amides is 1. The highest BCUT2D eigenvalue weighted by Gasteiger charge is 2.19. The number of aliphatic hydroxyl groups is 1. The molecule has 3 heterocycles. The van der Waals surface area contributed by atoms with Crippen LogP contribution in [0.4, 0.5) is 0 Å². The van der Waals surface area contributed by atoms with E-state index in [2.05, 4.69) is 20.3 Å². The number of rotatable bonds is 6. The molecule has 25 heavy (non-hydrogen) atoms. The average molecular weight is 378 g/mol. The van der Waals surface area contributed by atoms with Crippen molar-refractivity contribution in [3.8, 4) is 11.4 Å². The molecule has 1 amide bonds. The first-order valence-corrected chi connectivity index (χ1v) is 8.67. The van der Waals surface area contributed by atoms with Crippen molar-refractivity contribution < 1.29 is 9.90 Å². The van der Waals surface area contributed by atoms with Gasteiger partial charge in [0, 0.05) is 18.9 Å². The molecule has 0 aromatic carbocycles. The molecule has 0 fully saturated rings. The Morgan fingerprint density at radius 3 is 2.80 bits per heavy atom. The second-order valence-electron chi connectivity index (χ2n) is 5.23. The van der Waals surface area contributed by atoms with Crippen molar-refractivity contribution in [2.24, 2.45) is 5.73 Å². The minimum Gasteiger partial charge on any atom is -0.391 e. The smallest absolute Gasteiger partial charge is 0.268 e. The van der Waals surface area contributed by atoms with Crippen LogP contribution in [0.15, 0.2) is 36.7 Å². The first-order chi connectivity index (χ1) is 12.1. The molecule has 0 aliphatic rings. The number of halogens is 1. The van der Waals surface area contributed by atoms with Crippen LogP contribution >= 0.6 is 22.9 Å². The summed E-state index contributed by atoms with van der Waals surface area (Å²) in [5, 5.41) is 13.2. The lowest BCUT2D eigenvalue weighted by Gasteiger charge is -2.13. The van der Waals surface area contributed by atoms with Gasteiger partial charge < -0.3 is 21.1 Å². The molecule has 7 nitrogen and oxygen atoms in total. The molecular formula is C16H16ClN5O2S. The van der Waals surface area contributed by atoms with E-state index in [4.69, 9.17) is 22.4 Å². The van der Waals surface area contributed by atoms with Gasteiger partial charge in [-0.15, -0.1) is 11.3 Å². The number of thiazole rings is 1. The van der Waals surface area contributed by atoms with Gasteiger partial charge in [-0.3, -0.25) is 9.78 Å². The van der Waals surface area contributed by atoms with Crippen molar-refractivity contribution in [1.82, 2.24) is 20.3 Å². The number of H-pyrrole nitrogens is 1. The van der Waals surface area contributed by atoms with Crippen LogP contribution in [0, 0.1) is 0 Å². The molecule has 0 spiro atoms. The van der Waals surface area contributed by atoms with Gasteiger partial charge in [-0.2, -0.15) is 0 Å². The van der Waals surface area contributed by atoms with Gasteiger partial charge in [-0.05, 0) is 24.3 Å². The molecule has 0 bridgehead atoms. The number of nitrogens with one attached hydrogen (secondary N) is 2. The Hall–Kier alpha value is -2.26. The molecule has 0 saturated heterocycles. The number of aliphatic hydroxyl groups excluding tert-OH is 1. The van der Waals surface area contributed by atoms with Crippen LogP contribution < -0.4 is 11.1 Å². The van der Waals surface area contributed by atoms with E-state index < -0.39 is 6.04 Å². The fraction of sp³-hybridized carbons (Fsp3) is 0.188. The molecule has 5 N–H and O–H groups in total. The van der Waals surface area contributed by atoms with Gasteiger partial charge in [0.15, 0.2) is 0 Å². The topological polar surface area (TPSA) is 117 Å². The molecule has 3 rings (SSSR count). The molecule has 0 saturated carbocycles. The minimum atomic E-state index is -0.418. The number of nitrogens with two attached hydrogens (primary N) is 1. The van der Waals surface area contributed by atoms with Crippen LogP contribution in [-0.2, 0) is 6.61 Å². The maximum atomic E-state index is 12.5. The van der Waals surface area contributed by atoms with Gasteiger partial charge in [0.2, 0.25) is 0 Å². The van der Waals surface area contributed by atoms with E-state index in [1.807, 2.05) is 0 Å². The number of hydrogen-bond acceptors (Lipinski definition) is 6. The van der Waals surface area contributed by atoms with Gasteiger partial charge in [0.05, 0.1) is 33.9 Å². The number of hydrogen-bond donors (Lipinski definition) is 4. The molecule has 3 aromatic rings. The van der Waals surface area contributed by atoms with E-state index in [1.54, 1.807) is 36.7 Å². The first kappa shape index (κ1) is 17.6. The monoisotopic (exact) mass is 377 g/mol. The summed E-state index contributed by atoms with van der Waals surface area (Å²) in [6.07, 6.45) is 3.12. The second-order valence-corrected chi connectivity index (χ2v) is 6.82. The molecule has 0 radical (unpaired) electrons. The highest BCUT2D eigenvalue weighted by Crippen LogP contribution is 2.21. The number of pyridine rings is 1. The SMILES string of the molecule is NC[C@H](NC(=O)c1ccc(-c2ccc(Cl)cn2)[nH]1)c1ncc(CO)s1. The zero-order valence-electron chi connectivity index (χ0n) is 13.1. The summed E-state index contributed by atoms with van der Waals surface area (Å²) in [6.45, 7) is 0.118. The summed E-state index contributed by atoms with van der Waals surface area (Å²) in [5.41, 5.74) is 7.54. The normalized spacial score (nSPS) is 12.1. The predicted octanol–water partition coefficient (Wildman–Crippen LogP) is 2.11. The highest BCUT2D eigenvalue weighted by molar-refractivity contribution is 7.11. The van der Waals surface area contributed by atoms with Crippen LogP contribution in [-0.4, -0.2) is 32.5 Å².